The number of piperidine rings is 1. The number of aliphatic carboxylic acids is 1. The standard InChI is InChI=1S/C13H21N3O3/c1-9(2)6-11-14-12(19-15-11)8-16-5-3-4-10(7-16)13(17)18/h9-10H,3-8H2,1-2H3,(H,17,18). The number of hydrogen-bond donors (Lipinski definition) is 1. The van der Waals surface area contributed by atoms with E-state index >= 15 is 0 Å². The van der Waals surface area contributed by atoms with Crippen LogP contribution in [0.15, 0.2) is 4.52 Å². The zero-order chi connectivity index (χ0) is 13.8. The fourth-order valence-electron chi connectivity index (χ4n) is 2.39. The summed E-state index contributed by atoms with van der Waals surface area (Å²) in [6.07, 6.45) is 2.47. The van der Waals surface area contributed by atoms with Crippen molar-refractivity contribution < 1.29 is 14.4 Å². The molecule has 106 valence electrons. The first-order chi connectivity index (χ1) is 9.04. The highest BCUT2D eigenvalue weighted by atomic mass is 16.5. The minimum absolute atomic E-state index is 0.271. The van der Waals surface area contributed by atoms with Gasteiger partial charge in [-0.15, -0.1) is 0 Å². The van der Waals surface area contributed by atoms with Gasteiger partial charge in [0.1, 0.15) is 0 Å². The van der Waals surface area contributed by atoms with E-state index in [2.05, 4.69) is 28.9 Å². The molecule has 1 saturated heterocycles. The Balaban J connectivity index is 1.89. The summed E-state index contributed by atoms with van der Waals surface area (Å²) in [5, 5.41) is 13.0. The predicted octanol–water partition coefficient (Wildman–Crippen LogP) is 1.56. The van der Waals surface area contributed by atoms with Gasteiger partial charge in [0.2, 0.25) is 5.89 Å². The van der Waals surface area contributed by atoms with Gasteiger partial charge in [-0.3, -0.25) is 9.69 Å². The third-order valence-electron chi connectivity index (χ3n) is 3.31. The van der Waals surface area contributed by atoms with Crippen LogP contribution in [0.1, 0.15) is 38.4 Å². The van der Waals surface area contributed by atoms with Crippen LogP contribution >= 0.6 is 0 Å². The highest BCUT2D eigenvalue weighted by Gasteiger charge is 2.26. The Morgan fingerprint density at radius 1 is 1.58 bits per heavy atom. The lowest BCUT2D eigenvalue weighted by Crippen LogP contribution is -2.38. The van der Waals surface area contributed by atoms with Crippen LogP contribution in [0.25, 0.3) is 0 Å². The first kappa shape index (κ1) is 14.0. The largest absolute Gasteiger partial charge is 0.481 e. The molecule has 1 aliphatic rings. The molecular weight excluding hydrogens is 246 g/mol. The van der Waals surface area contributed by atoms with Crippen LogP contribution in [0.2, 0.25) is 0 Å². The van der Waals surface area contributed by atoms with Gasteiger partial charge in [0, 0.05) is 13.0 Å². The molecule has 1 aromatic rings. The van der Waals surface area contributed by atoms with Crippen molar-refractivity contribution >= 4 is 5.97 Å². The molecular formula is C13H21N3O3. The van der Waals surface area contributed by atoms with Crippen molar-refractivity contribution in [1.29, 1.82) is 0 Å². The highest BCUT2D eigenvalue weighted by Crippen LogP contribution is 2.18. The van der Waals surface area contributed by atoms with Gasteiger partial charge in [-0.2, -0.15) is 4.98 Å². The fourth-order valence-corrected chi connectivity index (χ4v) is 2.39. The number of aromatic nitrogens is 2. The summed E-state index contributed by atoms with van der Waals surface area (Å²) in [5.74, 6) is 0.831. The minimum atomic E-state index is -0.712. The van der Waals surface area contributed by atoms with E-state index < -0.39 is 5.97 Å². The molecule has 1 aliphatic heterocycles. The zero-order valence-electron chi connectivity index (χ0n) is 11.5. The van der Waals surface area contributed by atoms with E-state index in [1.807, 2.05) is 0 Å². The molecule has 0 aromatic carbocycles. The van der Waals surface area contributed by atoms with Crippen molar-refractivity contribution in [3.63, 3.8) is 0 Å². The summed E-state index contributed by atoms with van der Waals surface area (Å²) < 4.78 is 5.21. The van der Waals surface area contributed by atoms with E-state index in [4.69, 9.17) is 9.63 Å². The summed E-state index contributed by atoms with van der Waals surface area (Å²) in [7, 11) is 0. The van der Waals surface area contributed by atoms with Crippen molar-refractivity contribution in [2.45, 2.75) is 39.7 Å². The number of carboxylic acids is 1. The topological polar surface area (TPSA) is 79.5 Å². The Morgan fingerprint density at radius 2 is 2.37 bits per heavy atom. The molecule has 6 nitrogen and oxygen atoms in total. The van der Waals surface area contributed by atoms with Crippen LogP contribution in [0.3, 0.4) is 0 Å². The lowest BCUT2D eigenvalue weighted by molar-refractivity contribution is -0.143. The Morgan fingerprint density at radius 3 is 3.05 bits per heavy atom. The maximum atomic E-state index is 11.0. The second kappa shape index (κ2) is 6.14. The Labute approximate surface area is 112 Å². The molecule has 1 atom stereocenters. The van der Waals surface area contributed by atoms with Crippen LogP contribution in [0.5, 0.6) is 0 Å². The first-order valence-electron chi connectivity index (χ1n) is 6.81. The maximum Gasteiger partial charge on any atom is 0.307 e. The van der Waals surface area contributed by atoms with Crippen molar-refractivity contribution in [2.24, 2.45) is 11.8 Å². The summed E-state index contributed by atoms with van der Waals surface area (Å²) >= 11 is 0. The molecule has 0 saturated carbocycles. The molecule has 19 heavy (non-hydrogen) atoms. The van der Waals surface area contributed by atoms with E-state index in [1.54, 1.807) is 0 Å². The Bertz CT molecular complexity index is 431. The molecule has 0 amide bonds. The van der Waals surface area contributed by atoms with Gasteiger partial charge < -0.3 is 9.63 Å². The number of carboxylic acid groups (broad SMARTS) is 1. The SMILES string of the molecule is CC(C)Cc1noc(CN2CCCC(C(=O)O)C2)n1. The molecule has 2 heterocycles. The minimum Gasteiger partial charge on any atom is -0.481 e. The number of likely N-dealkylation sites (tertiary alicyclic amines) is 1. The third kappa shape index (κ3) is 4.02. The number of hydrogen-bond acceptors (Lipinski definition) is 5. The first-order valence-corrected chi connectivity index (χ1v) is 6.81. The van der Waals surface area contributed by atoms with Crippen molar-refractivity contribution in [3.8, 4) is 0 Å². The van der Waals surface area contributed by atoms with E-state index in [1.165, 1.54) is 0 Å². The average molecular weight is 267 g/mol. The summed E-state index contributed by atoms with van der Waals surface area (Å²) in [4.78, 5) is 17.4. The lowest BCUT2D eigenvalue weighted by atomic mass is 9.98. The van der Waals surface area contributed by atoms with Crippen molar-refractivity contribution in [1.82, 2.24) is 15.0 Å². The van der Waals surface area contributed by atoms with Gasteiger partial charge in [0.05, 0.1) is 12.5 Å². The molecule has 0 spiro atoms. The smallest absolute Gasteiger partial charge is 0.307 e. The molecule has 1 fully saturated rings. The van der Waals surface area contributed by atoms with Gasteiger partial charge in [-0.25, -0.2) is 0 Å². The molecule has 0 aliphatic carbocycles. The van der Waals surface area contributed by atoms with E-state index in [-0.39, 0.29) is 5.92 Å². The highest BCUT2D eigenvalue weighted by molar-refractivity contribution is 5.70. The molecule has 2 rings (SSSR count). The van der Waals surface area contributed by atoms with Crippen LogP contribution < -0.4 is 0 Å². The molecule has 0 bridgehead atoms. The molecule has 1 aromatic heterocycles. The van der Waals surface area contributed by atoms with Crippen LogP contribution in [0.4, 0.5) is 0 Å². The number of carbonyl (C=O) groups is 1. The average Bonchev–Trinajstić information content (AvgIpc) is 2.76. The van der Waals surface area contributed by atoms with Crippen molar-refractivity contribution in [2.75, 3.05) is 13.1 Å². The predicted molar refractivity (Wildman–Crippen MR) is 68.5 cm³/mol. The Hall–Kier alpha value is -1.43. The van der Waals surface area contributed by atoms with E-state index in [0.29, 0.717) is 24.9 Å². The summed E-state index contributed by atoms with van der Waals surface area (Å²) in [6.45, 7) is 6.23. The van der Waals surface area contributed by atoms with Gasteiger partial charge in [-0.05, 0) is 25.3 Å². The zero-order valence-corrected chi connectivity index (χ0v) is 11.5. The summed E-state index contributed by atoms with van der Waals surface area (Å²) in [5.41, 5.74) is 0. The maximum absolute atomic E-state index is 11.0. The van der Waals surface area contributed by atoms with Crippen LogP contribution in [-0.2, 0) is 17.8 Å². The molecule has 6 heteroatoms. The van der Waals surface area contributed by atoms with Crippen LogP contribution in [-0.4, -0.2) is 39.2 Å². The number of nitrogens with zero attached hydrogens (tertiary/aromatic N) is 3. The quantitative estimate of drug-likeness (QED) is 0.872. The monoisotopic (exact) mass is 267 g/mol. The van der Waals surface area contributed by atoms with E-state index in [0.717, 1.165) is 31.6 Å². The Kier molecular flexibility index (Phi) is 4.52. The van der Waals surface area contributed by atoms with Gasteiger partial charge in [0.25, 0.3) is 0 Å². The molecule has 0 radical (unpaired) electrons. The third-order valence-corrected chi connectivity index (χ3v) is 3.31. The van der Waals surface area contributed by atoms with E-state index in [9.17, 15) is 4.79 Å². The number of rotatable bonds is 5. The summed E-state index contributed by atoms with van der Waals surface area (Å²) in [6, 6.07) is 0. The fraction of sp³-hybridized carbons (Fsp3) is 0.769. The van der Waals surface area contributed by atoms with Gasteiger partial charge >= 0.3 is 5.97 Å². The molecule has 1 unspecified atom stereocenters. The lowest BCUT2D eigenvalue weighted by Gasteiger charge is -2.29. The van der Waals surface area contributed by atoms with Gasteiger partial charge in [0.15, 0.2) is 5.82 Å². The molecule has 1 N–H and O–H groups in total. The second-order valence-corrected chi connectivity index (χ2v) is 5.61. The normalized spacial score (nSPS) is 20.9. The van der Waals surface area contributed by atoms with Gasteiger partial charge in [-0.1, -0.05) is 19.0 Å². The van der Waals surface area contributed by atoms with Crippen molar-refractivity contribution in [3.05, 3.63) is 11.7 Å². The second-order valence-electron chi connectivity index (χ2n) is 5.61. The van der Waals surface area contributed by atoms with Crippen LogP contribution in [0, 0.1) is 11.8 Å².